The van der Waals surface area contributed by atoms with E-state index in [1.807, 2.05) is 6.92 Å². The predicted octanol–water partition coefficient (Wildman–Crippen LogP) is 1.51. The molecule has 0 N–H and O–H groups in total. The molecule has 1 atom stereocenters. The Morgan fingerprint density at radius 2 is 1.60 bits per heavy atom. The summed E-state index contributed by atoms with van der Waals surface area (Å²) in [5.41, 5.74) is 0. The molecule has 1 aliphatic heterocycles. The molecule has 7 heteroatoms. The molecule has 1 aliphatic rings. The van der Waals surface area contributed by atoms with Crippen LogP contribution in [0, 0.1) is 5.92 Å². The van der Waals surface area contributed by atoms with Crippen LogP contribution in [-0.2, 0) is 19.9 Å². The molecule has 1 saturated heterocycles. The standard InChI is InChI=1S/C13H19NO4S2/c1-11-4-3-9-14(10-11)20(17,18)13-7-5-12(6-8-13)19(2,15)16/h5-8,11H,3-4,9-10H2,1-2H3/t11-/m0/s1. The van der Waals surface area contributed by atoms with E-state index in [1.54, 1.807) is 0 Å². The normalized spacial score (nSPS) is 21.8. The van der Waals surface area contributed by atoms with E-state index in [4.69, 9.17) is 0 Å². The van der Waals surface area contributed by atoms with Crippen LogP contribution in [0.3, 0.4) is 0 Å². The lowest BCUT2D eigenvalue weighted by Crippen LogP contribution is -2.39. The first-order valence-corrected chi connectivity index (χ1v) is 9.84. The molecule has 5 nitrogen and oxygen atoms in total. The number of hydrogen-bond acceptors (Lipinski definition) is 4. The monoisotopic (exact) mass is 317 g/mol. The summed E-state index contributed by atoms with van der Waals surface area (Å²) in [4.78, 5) is 0.280. The van der Waals surface area contributed by atoms with E-state index in [-0.39, 0.29) is 9.79 Å². The van der Waals surface area contributed by atoms with Crippen LogP contribution < -0.4 is 0 Å². The van der Waals surface area contributed by atoms with Crippen molar-refractivity contribution in [3.63, 3.8) is 0 Å². The molecule has 0 aliphatic carbocycles. The number of sulfonamides is 1. The van der Waals surface area contributed by atoms with E-state index in [0.717, 1.165) is 19.1 Å². The van der Waals surface area contributed by atoms with Crippen LogP contribution in [0.1, 0.15) is 19.8 Å². The summed E-state index contributed by atoms with van der Waals surface area (Å²) in [5.74, 6) is 0.355. The molecule has 0 spiro atoms. The molecule has 0 unspecified atom stereocenters. The van der Waals surface area contributed by atoms with E-state index in [9.17, 15) is 16.8 Å². The summed E-state index contributed by atoms with van der Waals surface area (Å²) in [5, 5.41) is 0. The fourth-order valence-corrected chi connectivity index (χ4v) is 4.60. The van der Waals surface area contributed by atoms with Gasteiger partial charge in [0.25, 0.3) is 0 Å². The average Bonchev–Trinajstić information content (AvgIpc) is 2.38. The zero-order valence-electron chi connectivity index (χ0n) is 11.6. The predicted molar refractivity (Wildman–Crippen MR) is 76.7 cm³/mol. The van der Waals surface area contributed by atoms with Crippen LogP contribution in [0.5, 0.6) is 0 Å². The summed E-state index contributed by atoms with van der Waals surface area (Å²) in [6, 6.07) is 5.42. The highest BCUT2D eigenvalue weighted by molar-refractivity contribution is 7.90. The van der Waals surface area contributed by atoms with Gasteiger partial charge in [0.2, 0.25) is 10.0 Å². The van der Waals surface area contributed by atoms with Crippen LogP contribution >= 0.6 is 0 Å². The third-order valence-electron chi connectivity index (χ3n) is 3.51. The zero-order valence-corrected chi connectivity index (χ0v) is 13.2. The van der Waals surface area contributed by atoms with E-state index < -0.39 is 19.9 Å². The van der Waals surface area contributed by atoms with Gasteiger partial charge in [-0.2, -0.15) is 4.31 Å². The lowest BCUT2D eigenvalue weighted by Gasteiger charge is -2.30. The number of nitrogens with zero attached hydrogens (tertiary/aromatic N) is 1. The summed E-state index contributed by atoms with van der Waals surface area (Å²) < 4.78 is 49.2. The van der Waals surface area contributed by atoms with Gasteiger partial charge in [-0.15, -0.1) is 0 Å². The van der Waals surface area contributed by atoms with Crippen LogP contribution in [0.4, 0.5) is 0 Å². The highest BCUT2D eigenvalue weighted by Crippen LogP contribution is 2.24. The second kappa shape index (κ2) is 5.46. The molecular weight excluding hydrogens is 298 g/mol. The quantitative estimate of drug-likeness (QED) is 0.847. The Balaban J connectivity index is 2.30. The SMILES string of the molecule is C[C@H]1CCCN(S(=O)(=O)c2ccc(S(C)(=O)=O)cc2)C1. The molecule has 0 aromatic heterocycles. The summed E-state index contributed by atoms with van der Waals surface area (Å²) in [6.07, 6.45) is 3.00. The van der Waals surface area contributed by atoms with Gasteiger partial charge in [-0.3, -0.25) is 0 Å². The molecule has 0 bridgehead atoms. The molecule has 1 aromatic carbocycles. The molecule has 1 fully saturated rings. The van der Waals surface area contributed by atoms with Gasteiger partial charge in [0.1, 0.15) is 0 Å². The van der Waals surface area contributed by atoms with Gasteiger partial charge in [0, 0.05) is 19.3 Å². The maximum atomic E-state index is 12.5. The molecule has 2 rings (SSSR count). The molecule has 112 valence electrons. The fourth-order valence-electron chi connectivity index (χ4n) is 2.37. The van der Waals surface area contributed by atoms with Crippen LogP contribution in [-0.4, -0.2) is 40.5 Å². The lowest BCUT2D eigenvalue weighted by atomic mass is 10.0. The molecular formula is C13H19NO4S2. The number of hydrogen-bond donors (Lipinski definition) is 0. The molecule has 0 radical (unpaired) electrons. The van der Waals surface area contributed by atoms with Gasteiger partial charge >= 0.3 is 0 Å². The second-order valence-corrected chi connectivity index (χ2v) is 9.31. The minimum Gasteiger partial charge on any atom is -0.224 e. The first kappa shape index (κ1) is 15.5. The topological polar surface area (TPSA) is 71.5 Å². The van der Waals surface area contributed by atoms with E-state index in [1.165, 1.54) is 28.6 Å². The van der Waals surface area contributed by atoms with Crippen LogP contribution in [0.25, 0.3) is 0 Å². The van der Waals surface area contributed by atoms with Crippen molar-refractivity contribution in [3.8, 4) is 0 Å². The first-order valence-electron chi connectivity index (χ1n) is 6.51. The zero-order chi connectivity index (χ0) is 15.0. The minimum absolute atomic E-state index is 0.128. The van der Waals surface area contributed by atoms with Crippen molar-refractivity contribution in [2.75, 3.05) is 19.3 Å². The summed E-state index contributed by atoms with van der Waals surface area (Å²) in [7, 11) is -6.83. The molecule has 0 saturated carbocycles. The third kappa shape index (κ3) is 3.21. The Morgan fingerprint density at radius 3 is 2.10 bits per heavy atom. The van der Waals surface area contributed by atoms with E-state index >= 15 is 0 Å². The smallest absolute Gasteiger partial charge is 0.224 e. The van der Waals surface area contributed by atoms with Gasteiger partial charge in [0.15, 0.2) is 9.84 Å². The van der Waals surface area contributed by atoms with Crippen molar-refractivity contribution in [2.45, 2.75) is 29.6 Å². The van der Waals surface area contributed by atoms with Crippen molar-refractivity contribution in [3.05, 3.63) is 24.3 Å². The molecule has 1 aromatic rings. The number of piperidine rings is 1. The van der Waals surface area contributed by atoms with Crippen molar-refractivity contribution in [2.24, 2.45) is 5.92 Å². The number of sulfone groups is 1. The largest absolute Gasteiger partial charge is 0.243 e. The highest BCUT2D eigenvalue weighted by Gasteiger charge is 2.28. The maximum absolute atomic E-state index is 12.5. The molecule has 1 heterocycles. The average molecular weight is 317 g/mol. The van der Waals surface area contributed by atoms with Gasteiger partial charge < -0.3 is 0 Å². The van der Waals surface area contributed by atoms with Gasteiger partial charge in [-0.1, -0.05) is 6.92 Å². The first-order chi connectivity index (χ1) is 9.21. The Labute approximate surface area is 120 Å². The van der Waals surface area contributed by atoms with Crippen molar-refractivity contribution >= 4 is 19.9 Å². The van der Waals surface area contributed by atoms with Crippen molar-refractivity contribution in [1.29, 1.82) is 0 Å². The Hall–Kier alpha value is -0.920. The van der Waals surface area contributed by atoms with Crippen molar-refractivity contribution in [1.82, 2.24) is 4.31 Å². The molecule has 0 amide bonds. The minimum atomic E-state index is -3.52. The Kier molecular flexibility index (Phi) is 4.22. The fraction of sp³-hybridized carbons (Fsp3) is 0.538. The highest BCUT2D eigenvalue weighted by atomic mass is 32.2. The number of benzene rings is 1. The summed E-state index contributed by atoms with van der Waals surface area (Å²) >= 11 is 0. The molecule has 20 heavy (non-hydrogen) atoms. The van der Waals surface area contributed by atoms with Crippen LogP contribution in [0.2, 0.25) is 0 Å². The maximum Gasteiger partial charge on any atom is 0.243 e. The van der Waals surface area contributed by atoms with E-state index in [0.29, 0.717) is 19.0 Å². The van der Waals surface area contributed by atoms with Crippen LogP contribution in [0.15, 0.2) is 34.1 Å². The van der Waals surface area contributed by atoms with E-state index in [2.05, 4.69) is 0 Å². The number of rotatable bonds is 3. The van der Waals surface area contributed by atoms with Crippen molar-refractivity contribution < 1.29 is 16.8 Å². The summed E-state index contributed by atoms with van der Waals surface area (Å²) in [6.45, 7) is 3.09. The van der Waals surface area contributed by atoms with Gasteiger partial charge in [-0.25, -0.2) is 16.8 Å². The Morgan fingerprint density at radius 1 is 1.05 bits per heavy atom. The second-order valence-electron chi connectivity index (χ2n) is 5.35. The van der Waals surface area contributed by atoms with Gasteiger partial charge in [0.05, 0.1) is 9.79 Å². The lowest BCUT2D eigenvalue weighted by molar-refractivity contribution is 0.281. The van der Waals surface area contributed by atoms with Gasteiger partial charge in [-0.05, 0) is 43.0 Å². The Bertz CT molecular complexity index is 678. The third-order valence-corrected chi connectivity index (χ3v) is 6.52.